The molecule has 2 bridgehead atoms. The van der Waals surface area contributed by atoms with Crippen molar-refractivity contribution >= 4 is 44.6 Å². The molecule has 2 saturated carbocycles. The highest BCUT2D eigenvalue weighted by molar-refractivity contribution is 7.92. The van der Waals surface area contributed by atoms with Crippen LogP contribution in [0.3, 0.4) is 0 Å². The van der Waals surface area contributed by atoms with Gasteiger partial charge in [-0.3, -0.25) is 14.4 Å². The second-order valence-electron chi connectivity index (χ2n) is 9.05. The number of hydrogen-bond donors (Lipinski definition) is 2. The van der Waals surface area contributed by atoms with Crippen molar-refractivity contribution in [2.24, 2.45) is 11.8 Å². The zero-order valence-electron chi connectivity index (χ0n) is 18.6. The first-order valence-electron chi connectivity index (χ1n) is 10.9. The molecule has 0 radical (unpaired) electrons. The fraction of sp³-hybridized carbons (Fsp3) is 0.375. The zero-order valence-corrected chi connectivity index (χ0v) is 20.1. The molecule has 2 aromatic rings. The van der Waals surface area contributed by atoms with Gasteiger partial charge in [0.05, 0.1) is 15.2 Å². The van der Waals surface area contributed by atoms with Crippen molar-refractivity contribution in [3.63, 3.8) is 0 Å². The van der Waals surface area contributed by atoms with Crippen LogP contribution in [0.4, 0.5) is 14.5 Å². The van der Waals surface area contributed by atoms with Gasteiger partial charge in [0, 0.05) is 24.2 Å². The van der Waals surface area contributed by atoms with Gasteiger partial charge < -0.3 is 10.4 Å². The Bertz CT molecular complexity index is 1330. The maximum Gasteiger partial charge on any atom is 0.255 e. The summed E-state index contributed by atoms with van der Waals surface area (Å²) in [6.07, 6.45) is 0.763. The molecule has 2 fully saturated rings. The van der Waals surface area contributed by atoms with E-state index in [0.717, 1.165) is 31.2 Å². The molecule has 2 N–H and O–H groups in total. The van der Waals surface area contributed by atoms with Crippen molar-refractivity contribution in [3.8, 4) is 0 Å². The van der Waals surface area contributed by atoms with Crippen LogP contribution in [0, 0.1) is 23.5 Å². The molecular formula is C24H22ClF2NO6S. The number of rotatable bonds is 6. The lowest BCUT2D eigenvalue weighted by Crippen LogP contribution is -2.55. The maximum absolute atomic E-state index is 13.5. The third-order valence-corrected chi connectivity index (χ3v) is 9.66. The Morgan fingerprint density at radius 1 is 1.03 bits per heavy atom. The standard InChI is InChI=1S/C24H22ClF2NO6S/c1-12(29)22(30)24(32)14-3-4-15(24)10-17(9-14)35(33,34)21-8-13(2-6-18(21)25)23(31)28-16-5-7-19(26)20(27)11-16/h2,5-8,11,14-15,17,32H,3-4,9-10H2,1H3,(H,28,31)/t14-,15?,17?,24-/m0/s1. The topological polar surface area (TPSA) is 118 Å². The minimum atomic E-state index is -4.08. The lowest BCUT2D eigenvalue weighted by Gasteiger charge is -2.40. The average molecular weight is 526 g/mol. The van der Waals surface area contributed by atoms with Crippen molar-refractivity contribution in [3.05, 3.63) is 58.6 Å². The number of nitrogens with one attached hydrogen (secondary N) is 1. The third kappa shape index (κ3) is 4.39. The highest BCUT2D eigenvalue weighted by Crippen LogP contribution is 2.52. The van der Waals surface area contributed by atoms with Crippen LogP contribution in [0.5, 0.6) is 0 Å². The van der Waals surface area contributed by atoms with Gasteiger partial charge in [-0.1, -0.05) is 11.6 Å². The first-order chi connectivity index (χ1) is 16.4. The molecule has 11 heteroatoms. The Labute approximate surface area is 205 Å². The lowest BCUT2D eigenvalue weighted by atomic mass is 9.71. The van der Waals surface area contributed by atoms with Crippen LogP contribution in [-0.2, 0) is 19.4 Å². The molecule has 0 spiro atoms. The molecule has 2 aliphatic rings. The van der Waals surface area contributed by atoms with Gasteiger partial charge >= 0.3 is 0 Å². The normalized spacial score (nSPS) is 25.8. The summed E-state index contributed by atoms with van der Waals surface area (Å²) in [7, 11) is -4.08. The Morgan fingerprint density at radius 2 is 1.66 bits per heavy atom. The lowest BCUT2D eigenvalue weighted by molar-refractivity contribution is -0.156. The van der Waals surface area contributed by atoms with Gasteiger partial charge in [0.2, 0.25) is 5.78 Å². The number of fused-ring (bicyclic) bond motifs is 2. The Hall–Kier alpha value is -2.69. The SMILES string of the molecule is CC(=O)C(=O)[C@@]1(O)C2CC[C@H]1CC(S(=O)(=O)c1cc(C(=O)Nc3ccc(F)c(F)c3)ccc1Cl)C2. The number of amides is 1. The largest absolute Gasteiger partial charge is 0.381 e. The summed E-state index contributed by atoms with van der Waals surface area (Å²) in [5.41, 5.74) is -1.96. The molecule has 186 valence electrons. The van der Waals surface area contributed by atoms with Gasteiger partial charge in [-0.05, 0) is 67.9 Å². The zero-order chi connectivity index (χ0) is 25.7. The van der Waals surface area contributed by atoms with Crippen LogP contribution in [0.2, 0.25) is 5.02 Å². The molecule has 7 nitrogen and oxygen atoms in total. The molecule has 1 amide bonds. The van der Waals surface area contributed by atoms with E-state index in [-0.39, 0.29) is 34.0 Å². The van der Waals surface area contributed by atoms with Crippen LogP contribution in [-0.4, -0.2) is 41.8 Å². The van der Waals surface area contributed by atoms with Crippen LogP contribution in [0.1, 0.15) is 43.0 Å². The second-order valence-corrected chi connectivity index (χ2v) is 11.7. The van der Waals surface area contributed by atoms with Gasteiger partial charge in [0.25, 0.3) is 5.91 Å². The predicted octanol–water partition coefficient (Wildman–Crippen LogP) is 3.72. The van der Waals surface area contributed by atoms with Crippen LogP contribution in [0.15, 0.2) is 41.3 Å². The molecule has 2 aromatic carbocycles. The molecule has 4 rings (SSSR count). The van der Waals surface area contributed by atoms with Crippen molar-refractivity contribution in [1.29, 1.82) is 0 Å². The number of Topliss-reactive ketones (excluding diaryl/α,β-unsaturated/α-hetero) is 2. The molecule has 0 saturated heterocycles. The summed E-state index contributed by atoms with van der Waals surface area (Å²) < 4.78 is 53.6. The monoisotopic (exact) mass is 525 g/mol. The smallest absolute Gasteiger partial charge is 0.255 e. The van der Waals surface area contributed by atoms with E-state index in [2.05, 4.69) is 5.32 Å². The Balaban J connectivity index is 1.60. The fourth-order valence-electron chi connectivity index (χ4n) is 5.23. The fourth-order valence-corrected chi connectivity index (χ4v) is 7.63. The molecule has 0 aromatic heterocycles. The van der Waals surface area contributed by atoms with Crippen LogP contribution >= 0.6 is 11.6 Å². The number of aliphatic hydroxyl groups is 1. The minimum absolute atomic E-state index is 0.0217. The van der Waals surface area contributed by atoms with E-state index in [1.165, 1.54) is 12.1 Å². The van der Waals surface area contributed by atoms with Crippen molar-refractivity contribution < 1.29 is 36.7 Å². The summed E-state index contributed by atoms with van der Waals surface area (Å²) in [4.78, 5) is 36.4. The summed E-state index contributed by atoms with van der Waals surface area (Å²) in [6.45, 7) is 1.08. The van der Waals surface area contributed by atoms with Crippen LogP contribution in [0.25, 0.3) is 0 Å². The number of benzene rings is 2. The van der Waals surface area contributed by atoms with Crippen molar-refractivity contribution in [2.45, 2.75) is 48.4 Å². The number of halogens is 3. The van der Waals surface area contributed by atoms with Gasteiger partial charge in [-0.15, -0.1) is 0 Å². The van der Waals surface area contributed by atoms with Crippen molar-refractivity contribution in [1.82, 2.24) is 0 Å². The number of hydrogen-bond acceptors (Lipinski definition) is 6. The average Bonchev–Trinajstić information content (AvgIpc) is 2.97. The van der Waals surface area contributed by atoms with Crippen molar-refractivity contribution in [2.75, 3.05) is 5.32 Å². The van der Waals surface area contributed by atoms with E-state index in [1.54, 1.807) is 0 Å². The number of anilines is 1. The number of sulfone groups is 1. The number of carbonyl (C=O) groups is 3. The molecule has 0 heterocycles. The summed E-state index contributed by atoms with van der Waals surface area (Å²) in [6, 6.07) is 6.45. The Morgan fingerprint density at radius 3 is 2.23 bits per heavy atom. The number of carbonyl (C=O) groups excluding carboxylic acids is 3. The first kappa shape index (κ1) is 25.4. The summed E-state index contributed by atoms with van der Waals surface area (Å²) in [5.74, 6) is -6.02. The van der Waals surface area contributed by atoms with E-state index in [9.17, 15) is 36.7 Å². The quantitative estimate of drug-likeness (QED) is 0.555. The first-order valence-corrected chi connectivity index (χ1v) is 12.9. The summed E-state index contributed by atoms with van der Waals surface area (Å²) >= 11 is 6.19. The van der Waals surface area contributed by atoms with E-state index >= 15 is 0 Å². The van der Waals surface area contributed by atoms with Gasteiger partial charge in [0.15, 0.2) is 27.3 Å². The Kier molecular flexibility index (Phi) is 6.58. The van der Waals surface area contributed by atoms with Gasteiger partial charge in [0.1, 0.15) is 5.60 Å². The number of ketones is 2. The minimum Gasteiger partial charge on any atom is -0.381 e. The molecule has 4 atom stereocenters. The van der Waals surface area contributed by atoms with E-state index in [1.807, 2.05) is 0 Å². The van der Waals surface area contributed by atoms with E-state index in [4.69, 9.17) is 11.6 Å². The highest BCUT2D eigenvalue weighted by Gasteiger charge is 2.60. The molecule has 0 aliphatic heterocycles. The molecule has 35 heavy (non-hydrogen) atoms. The maximum atomic E-state index is 13.5. The van der Waals surface area contributed by atoms with E-state index in [0.29, 0.717) is 12.8 Å². The second kappa shape index (κ2) is 9.07. The van der Waals surface area contributed by atoms with E-state index < -0.39 is 61.6 Å². The van der Waals surface area contributed by atoms with Gasteiger partial charge in [-0.25, -0.2) is 17.2 Å². The predicted molar refractivity (Wildman–Crippen MR) is 123 cm³/mol. The molecular weight excluding hydrogens is 504 g/mol. The summed E-state index contributed by atoms with van der Waals surface area (Å²) in [5, 5.41) is 12.3. The molecule has 2 aliphatic carbocycles. The van der Waals surface area contributed by atoms with Gasteiger partial charge in [-0.2, -0.15) is 0 Å². The third-order valence-electron chi connectivity index (χ3n) is 7.00. The highest BCUT2D eigenvalue weighted by atomic mass is 35.5. The van der Waals surface area contributed by atoms with Crippen LogP contribution < -0.4 is 5.32 Å². The molecule has 2 unspecified atom stereocenters.